The van der Waals surface area contributed by atoms with E-state index in [1.807, 2.05) is 0 Å². The molecule has 0 radical (unpaired) electrons. The molecule has 398 valence electrons. The third kappa shape index (κ3) is 12.0. The van der Waals surface area contributed by atoms with Gasteiger partial charge in [0.1, 0.15) is 29.7 Å². The number of nitrogen functional groups attached to an aromatic ring is 2. The zero-order valence-corrected chi connectivity index (χ0v) is 42.8. The summed E-state index contributed by atoms with van der Waals surface area (Å²) in [5, 5.41) is 25.1. The maximum atomic E-state index is 15.9. The Morgan fingerprint density at radius 3 is 2.12 bits per heavy atom. The molecule has 19 nitrogen and oxygen atoms in total. The van der Waals surface area contributed by atoms with Gasteiger partial charge in [-0.25, -0.2) is 8.78 Å². The van der Waals surface area contributed by atoms with Crippen LogP contribution in [0.15, 0.2) is 97.2 Å². The summed E-state index contributed by atoms with van der Waals surface area (Å²) in [5.74, 6) is -5.36. The Bertz CT molecular complexity index is 3540. The van der Waals surface area contributed by atoms with Gasteiger partial charge in [-0.15, -0.1) is 0 Å². The Morgan fingerprint density at radius 1 is 0.753 bits per heavy atom. The Kier molecular flexibility index (Phi) is 15.6. The number of Topliss-reactive ketones (excluding diaryl/α,β-unsaturated/α-hetero) is 1. The van der Waals surface area contributed by atoms with Crippen molar-refractivity contribution in [3.05, 3.63) is 147 Å². The lowest BCUT2D eigenvalue weighted by molar-refractivity contribution is -0.137. The summed E-state index contributed by atoms with van der Waals surface area (Å²) < 4.78 is 33.6. The third-order valence-corrected chi connectivity index (χ3v) is 13.9. The lowest BCUT2D eigenvalue weighted by atomic mass is 10.1. The Balaban J connectivity index is 0.827. The molecule has 0 spiro atoms. The van der Waals surface area contributed by atoms with Crippen molar-refractivity contribution in [1.82, 2.24) is 34.8 Å². The molecule has 0 saturated heterocycles. The van der Waals surface area contributed by atoms with Gasteiger partial charge in [0.05, 0.1) is 42.0 Å². The van der Waals surface area contributed by atoms with Crippen molar-refractivity contribution >= 4 is 109 Å². The highest BCUT2D eigenvalue weighted by Gasteiger charge is 2.36. The number of nitrogens with one attached hydrogen (secondary N) is 4. The summed E-state index contributed by atoms with van der Waals surface area (Å²) >= 11 is 12.4. The first-order valence-electron chi connectivity index (χ1n) is 24.4. The van der Waals surface area contributed by atoms with E-state index in [0.29, 0.717) is 64.6 Å². The monoisotopic (exact) mass is 1090 g/mol. The number of aliphatic hydroxyl groups excluding tert-OH is 1. The quantitative estimate of drug-likeness (QED) is 0.0316. The van der Waals surface area contributed by atoms with Crippen LogP contribution in [0.4, 0.5) is 31.5 Å². The molecule has 9 rings (SSSR count). The van der Waals surface area contributed by atoms with E-state index in [1.165, 1.54) is 57.8 Å². The summed E-state index contributed by atoms with van der Waals surface area (Å²) in [4.78, 5) is 96.7. The zero-order valence-electron chi connectivity index (χ0n) is 41.2. The van der Waals surface area contributed by atoms with E-state index >= 15 is 4.39 Å². The molecule has 0 bridgehead atoms. The molecule has 2 aliphatic carbocycles. The molecule has 2 saturated carbocycles. The smallest absolute Gasteiger partial charge is 0.276 e. The molecule has 77 heavy (non-hydrogen) atoms. The fraction of sp³-hybridized carbons (Fsp3) is 0.259. The van der Waals surface area contributed by atoms with Gasteiger partial charge in [-0.1, -0.05) is 47.5 Å². The topological polar surface area (TPSA) is 269 Å². The molecule has 9 N–H and O–H groups in total. The lowest BCUT2D eigenvalue weighted by Gasteiger charge is -2.24. The number of nitrogens with two attached hydrogens (primary N) is 2. The molecule has 2 fully saturated rings. The minimum Gasteiger partial charge on any atom is -0.399 e. The summed E-state index contributed by atoms with van der Waals surface area (Å²) in [6, 6.07) is 21.3. The van der Waals surface area contributed by atoms with Crippen LogP contribution >= 0.6 is 23.2 Å². The average Bonchev–Trinajstić information content (AvgIpc) is 4.35. The molecule has 0 unspecified atom stereocenters. The molecule has 23 heteroatoms. The van der Waals surface area contributed by atoms with E-state index < -0.39 is 77.8 Å². The molecule has 5 aromatic carbocycles. The first-order chi connectivity index (χ1) is 36.9. The number of aromatic nitrogens is 3. The highest BCUT2D eigenvalue weighted by atomic mass is 35.5. The molecule has 1 atom stereocenters. The Morgan fingerprint density at radius 2 is 1.43 bits per heavy atom. The number of anilines is 4. The van der Waals surface area contributed by atoms with Gasteiger partial charge in [0, 0.05) is 80.4 Å². The number of benzene rings is 5. The second-order valence-electron chi connectivity index (χ2n) is 18.9. The van der Waals surface area contributed by atoms with Crippen LogP contribution in [0.25, 0.3) is 21.8 Å². The average molecular weight is 1090 g/mol. The number of halogens is 4. The normalized spacial score (nSPS) is 13.5. The van der Waals surface area contributed by atoms with Crippen LogP contribution in [0.5, 0.6) is 0 Å². The van der Waals surface area contributed by atoms with Crippen molar-refractivity contribution in [3.8, 4) is 0 Å². The predicted octanol–water partition coefficient (Wildman–Crippen LogP) is 6.60. The number of carbonyl (C=O) groups is 7. The van der Waals surface area contributed by atoms with Crippen molar-refractivity contribution < 1.29 is 47.4 Å². The summed E-state index contributed by atoms with van der Waals surface area (Å²) in [6.45, 7) is -0.927. The van der Waals surface area contributed by atoms with E-state index in [-0.39, 0.29) is 76.1 Å². The molecule has 7 aromatic rings. The minimum atomic E-state index is -1.13. The summed E-state index contributed by atoms with van der Waals surface area (Å²) in [7, 11) is 0. The molecule has 6 amide bonds. The molecule has 2 aromatic heterocycles. The first kappa shape index (κ1) is 53.4. The highest BCUT2D eigenvalue weighted by Crippen LogP contribution is 2.33. The zero-order chi connectivity index (χ0) is 54.8. The standard InChI is InChI=1S/C54H51Cl2F2N11O8/c1-28(71)39-22-66(43-17-10-33(20-37(39)43)62-53(76)29-4-2-5-31(59)18-29)25-47(74)67(34-11-12-34)23-45(72)61-21-30-8-15-41(49(56)50(30)57)64-54(77)52-38-19-32(60)9-16-44(38)69(65-52)26-48(75)68(35-13-14-35)24-46(73)63-42(27-70)36-6-3-7-40(55)51(36)58/h2-10,15-20,22,34-35,42,70H,11-14,21,23-27,59-60H2,1H3,(H,61,72)(H,62,76)(H,63,73)(H,64,77)/t42-/m1/s1. The van der Waals surface area contributed by atoms with Gasteiger partial charge in [-0.3, -0.25) is 38.2 Å². The highest BCUT2D eigenvalue weighted by molar-refractivity contribution is 6.34. The van der Waals surface area contributed by atoms with Crippen LogP contribution in [0, 0.1) is 11.6 Å². The molecule has 2 heterocycles. The molecular formula is C54H51Cl2F2N11O8. The second kappa shape index (κ2) is 22.4. The van der Waals surface area contributed by atoms with Gasteiger partial charge in [-0.2, -0.15) is 5.10 Å². The van der Waals surface area contributed by atoms with Crippen molar-refractivity contribution in [3.63, 3.8) is 0 Å². The van der Waals surface area contributed by atoms with Crippen molar-refractivity contribution in [1.29, 1.82) is 0 Å². The molecular weight excluding hydrogens is 1040 g/mol. The number of hydrogen-bond donors (Lipinski definition) is 7. The van der Waals surface area contributed by atoms with Gasteiger partial charge in [0.15, 0.2) is 11.5 Å². The van der Waals surface area contributed by atoms with E-state index in [1.54, 1.807) is 65.4 Å². The number of fused-ring (bicyclic) bond motifs is 2. The fourth-order valence-corrected chi connectivity index (χ4v) is 9.45. The van der Waals surface area contributed by atoms with Crippen LogP contribution in [0.3, 0.4) is 0 Å². The van der Waals surface area contributed by atoms with E-state index in [9.17, 15) is 43.1 Å². The van der Waals surface area contributed by atoms with E-state index in [4.69, 9.17) is 34.7 Å². The molecule has 2 aliphatic rings. The minimum absolute atomic E-state index is 0.0249. The van der Waals surface area contributed by atoms with Crippen LogP contribution < -0.4 is 32.7 Å². The second-order valence-corrected chi connectivity index (χ2v) is 19.7. The van der Waals surface area contributed by atoms with Crippen LogP contribution in [-0.2, 0) is 38.8 Å². The van der Waals surface area contributed by atoms with Crippen molar-refractivity contribution in [2.45, 2.75) is 70.4 Å². The summed E-state index contributed by atoms with van der Waals surface area (Å²) in [6.07, 6.45) is 4.15. The number of aliphatic hydroxyl groups is 1. The van der Waals surface area contributed by atoms with Gasteiger partial charge >= 0.3 is 0 Å². The predicted molar refractivity (Wildman–Crippen MR) is 285 cm³/mol. The van der Waals surface area contributed by atoms with Gasteiger partial charge in [-0.05, 0) is 99.3 Å². The van der Waals surface area contributed by atoms with Crippen LogP contribution in [0.2, 0.25) is 10.0 Å². The van der Waals surface area contributed by atoms with Crippen LogP contribution in [-0.4, -0.2) is 102 Å². The van der Waals surface area contributed by atoms with Crippen molar-refractivity contribution in [2.75, 3.05) is 41.8 Å². The van der Waals surface area contributed by atoms with Crippen molar-refractivity contribution in [2.24, 2.45) is 0 Å². The third-order valence-electron chi connectivity index (χ3n) is 13.3. The number of carbonyl (C=O) groups excluding carboxylic acids is 7. The SMILES string of the molecule is CC(=O)c1cn(CC(=O)N(CC(=O)NCc2ccc(NC(=O)c3nn(CC(=O)N(CC(=O)N[C@H](CO)c4cccc(Cl)c4F)C4CC4)c4ccc(N)cc34)c(Cl)c2F)C2CC2)c2ccc(NC(=O)c3cccc(N)c3)cc12. The van der Waals surface area contributed by atoms with Gasteiger partial charge in [0.2, 0.25) is 23.6 Å². The van der Waals surface area contributed by atoms with Gasteiger partial charge in [0.25, 0.3) is 11.8 Å². The first-order valence-corrected chi connectivity index (χ1v) is 25.2. The maximum absolute atomic E-state index is 15.9. The van der Waals surface area contributed by atoms with E-state index in [0.717, 1.165) is 0 Å². The number of hydrogen-bond acceptors (Lipinski definition) is 11. The van der Waals surface area contributed by atoms with Crippen LogP contribution in [0.1, 0.15) is 81.0 Å². The Labute approximate surface area is 448 Å². The number of nitrogens with zero attached hydrogens (tertiary/aromatic N) is 5. The number of amides is 6. The van der Waals surface area contributed by atoms with E-state index in [2.05, 4.69) is 26.4 Å². The lowest BCUT2D eigenvalue weighted by Crippen LogP contribution is -2.44. The summed E-state index contributed by atoms with van der Waals surface area (Å²) in [5.41, 5.74) is 14.3. The fourth-order valence-electron chi connectivity index (χ4n) is 9.04. The molecule has 0 aliphatic heterocycles. The van der Waals surface area contributed by atoms with Gasteiger partial charge < -0.3 is 52.2 Å². The largest absolute Gasteiger partial charge is 0.399 e. The maximum Gasteiger partial charge on any atom is 0.276 e. The Hall–Kier alpha value is -8.40. The number of ketones is 1. The number of rotatable bonds is 20.